The van der Waals surface area contributed by atoms with Gasteiger partial charge in [-0.1, -0.05) is 23.7 Å². The maximum Gasteiger partial charge on any atom is 0.146 e. The van der Waals surface area contributed by atoms with Gasteiger partial charge in [0.25, 0.3) is 0 Å². The van der Waals surface area contributed by atoms with Gasteiger partial charge in [0, 0.05) is 17.3 Å². The van der Waals surface area contributed by atoms with Gasteiger partial charge in [0.1, 0.15) is 5.82 Å². The Labute approximate surface area is 104 Å². The molecule has 0 fully saturated rings. The highest BCUT2D eigenvalue weighted by Gasteiger charge is 2.03. The summed E-state index contributed by atoms with van der Waals surface area (Å²) in [6.07, 6.45) is 0. The SMILES string of the molecule is NCc1ccc(Nc2cccc(Cl)c2)c(F)c1. The summed E-state index contributed by atoms with van der Waals surface area (Å²) in [5.74, 6) is -0.326. The van der Waals surface area contributed by atoms with Crippen LogP contribution in [0.1, 0.15) is 5.56 Å². The highest BCUT2D eigenvalue weighted by molar-refractivity contribution is 6.30. The van der Waals surface area contributed by atoms with Gasteiger partial charge in [-0.15, -0.1) is 0 Å². The predicted molar refractivity (Wildman–Crippen MR) is 69.0 cm³/mol. The van der Waals surface area contributed by atoms with Gasteiger partial charge in [-0.25, -0.2) is 4.39 Å². The number of nitrogens with two attached hydrogens (primary N) is 1. The molecule has 0 aliphatic rings. The molecule has 0 bridgehead atoms. The van der Waals surface area contributed by atoms with E-state index in [9.17, 15) is 4.39 Å². The van der Waals surface area contributed by atoms with Gasteiger partial charge in [0.05, 0.1) is 5.69 Å². The standard InChI is InChI=1S/C13H12ClFN2/c14-10-2-1-3-11(7-10)17-13-5-4-9(8-16)6-12(13)15/h1-7,17H,8,16H2. The summed E-state index contributed by atoms with van der Waals surface area (Å²) in [6, 6.07) is 12.0. The first kappa shape index (κ1) is 11.9. The number of rotatable bonds is 3. The number of benzene rings is 2. The van der Waals surface area contributed by atoms with Gasteiger partial charge in [-0.3, -0.25) is 0 Å². The molecular weight excluding hydrogens is 239 g/mol. The second kappa shape index (κ2) is 5.17. The third kappa shape index (κ3) is 2.96. The Morgan fingerprint density at radius 3 is 2.65 bits per heavy atom. The Hall–Kier alpha value is -1.58. The molecule has 0 aliphatic carbocycles. The zero-order chi connectivity index (χ0) is 12.3. The van der Waals surface area contributed by atoms with Crippen LogP contribution in [0.25, 0.3) is 0 Å². The number of hydrogen-bond donors (Lipinski definition) is 2. The van der Waals surface area contributed by atoms with Crippen molar-refractivity contribution in [2.75, 3.05) is 5.32 Å². The van der Waals surface area contributed by atoms with E-state index in [4.69, 9.17) is 17.3 Å². The molecule has 0 heterocycles. The minimum Gasteiger partial charge on any atom is -0.353 e. The first-order chi connectivity index (χ1) is 8.19. The molecule has 17 heavy (non-hydrogen) atoms. The van der Waals surface area contributed by atoms with Crippen LogP contribution in [-0.4, -0.2) is 0 Å². The molecule has 0 saturated carbocycles. The van der Waals surface area contributed by atoms with Crippen LogP contribution in [-0.2, 0) is 6.54 Å². The van der Waals surface area contributed by atoms with E-state index in [1.165, 1.54) is 6.07 Å². The summed E-state index contributed by atoms with van der Waals surface area (Å²) in [6.45, 7) is 0.328. The first-order valence-corrected chi connectivity index (χ1v) is 5.58. The predicted octanol–water partition coefficient (Wildman–Crippen LogP) is 3.68. The number of halogens is 2. The van der Waals surface area contributed by atoms with Crippen LogP contribution in [0, 0.1) is 5.82 Å². The molecule has 0 saturated heterocycles. The molecule has 0 radical (unpaired) electrons. The van der Waals surface area contributed by atoms with Crippen LogP contribution in [0.2, 0.25) is 5.02 Å². The number of hydrogen-bond acceptors (Lipinski definition) is 2. The molecule has 2 aromatic rings. The van der Waals surface area contributed by atoms with Gasteiger partial charge in [-0.2, -0.15) is 0 Å². The lowest BCUT2D eigenvalue weighted by Gasteiger charge is -2.08. The second-order valence-electron chi connectivity index (χ2n) is 3.65. The normalized spacial score (nSPS) is 10.3. The molecule has 0 spiro atoms. The van der Waals surface area contributed by atoms with Crippen molar-refractivity contribution < 1.29 is 4.39 Å². The highest BCUT2D eigenvalue weighted by Crippen LogP contribution is 2.22. The average molecular weight is 251 g/mol. The van der Waals surface area contributed by atoms with Crippen molar-refractivity contribution in [1.82, 2.24) is 0 Å². The highest BCUT2D eigenvalue weighted by atomic mass is 35.5. The van der Waals surface area contributed by atoms with Crippen molar-refractivity contribution in [1.29, 1.82) is 0 Å². The van der Waals surface area contributed by atoms with Crippen LogP contribution >= 0.6 is 11.6 Å². The molecule has 3 N–H and O–H groups in total. The molecule has 0 aromatic heterocycles. The molecule has 0 amide bonds. The van der Waals surface area contributed by atoms with Gasteiger partial charge in [-0.05, 0) is 35.9 Å². The molecule has 2 aromatic carbocycles. The Morgan fingerprint density at radius 1 is 1.18 bits per heavy atom. The maximum atomic E-state index is 13.7. The van der Waals surface area contributed by atoms with Crippen LogP contribution in [0.3, 0.4) is 0 Å². The lowest BCUT2D eigenvalue weighted by Crippen LogP contribution is -1.99. The molecule has 0 aliphatic heterocycles. The third-order valence-corrected chi connectivity index (χ3v) is 2.61. The van der Waals surface area contributed by atoms with E-state index in [-0.39, 0.29) is 5.82 Å². The Balaban J connectivity index is 2.24. The Kier molecular flexibility index (Phi) is 3.61. The van der Waals surface area contributed by atoms with Crippen molar-refractivity contribution in [3.05, 3.63) is 58.9 Å². The van der Waals surface area contributed by atoms with Gasteiger partial charge < -0.3 is 11.1 Å². The number of nitrogens with one attached hydrogen (secondary N) is 1. The minimum absolute atomic E-state index is 0.326. The van der Waals surface area contributed by atoms with Crippen molar-refractivity contribution in [3.63, 3.8) is 0 Å². The molecule has 88 valence electrons. The quantitative estimate of drug-likeness (QED) is 0.872. The van der Waals surface area contributed by atoms with E-state index in [0.717, 1.165) is 11.3 Å². The lowest BCUT2D eigenvalue weighted by atomic mass is 10.2. The van der Waals surface area contributed by atoms with Gasteiger partial charge >= 0.3 is 0 Å². The fourth-order valence-electron chi connectivity index (χ4n) is 1.51. The van der Waals surface area contributed by atoms with Gasteiger partial charge in [0.15, 0.2) is 0 Å². The van der Waals surface area contributed by atoms with E-state index in [2.05, 4.69) is 5.32 Å². The van der Waals surface area contributed by atoms with Gasteiger partial charge in [0.2, 0.25) is 0 Å². The summed E-state index contributed by atoms with van der Waals surface area (Å²) in [5, 5.41) is 3.57. The summed E-state index contributed by atoms with van der Waals surface area (Å²) in [7, 11) is 0. The zero-order valence-electron chi connectivity index (χ0n) is 9.08. The summed E-state index contributed by atoms with van der Waals surface area (Å²) in [5.41, 5.74) is 7.35. The Morgan fingerprint density at radius 2 is 2.00 bits per heavy atom. The lowest BCUT2D eigenvalue weighted by molar-refractivity contribution is 0.629. The van der Waals surface area contributed by atoms with E-state index < -0.39 is 0 Å². The van der Waals surface area contributed by atoms with Crippen LogP contribution in [0.4, 0.5) is 15.8 Å². The average Bonchev–Trinajstić information content (AvgIpc) is 2.32. The Bertz CT molecular complexity index is 529. The van der Waals surface area contributed by atoms with Crippen LogP contribution < -0.4 is 11.1 Å². The van der Waals surface area contributed by atoms with Crippen molar-refractivity contribution >= 4 is 23.0 Å². The summed E-state index contributed by atoms with van der Waals surface area (Å²) in [4.78, 5) is 0. The van der Waals surface area contributed by atoms with E-state index >= 15 is 0 Å². The smallest absolute Gasteiger partial charge is 0.146 e. The van der Waals surface area contributed by atoms with E-state index in [1.54, 1.807) is 30.3 Å². The zero-order valence-corrected chi connectivity index (χ0v) is 9.84. The van der Waals surface area contributed by atoms with E-state index in [0.29, 0.717) is 17.3 Å². The van der Waals surface area contributed by atoms with Crippen molar-refractivity contribution in [2.24, 2.45) is 5.73 Å². The fraction of sp³-hybridized carbons (Fsp3) is 0.0769. The molecule has 4 heteroatoms. The molecular formula is C13H12ClFN2. The summed E-state index contributed by atoms with van der Waals surface area (Å²) >= 11 is 5.85. The molecule has 2 nitrogen and oxygen atoms in total. The fourth-order valence-corrected chi connectivity index (χ4v) is 1.70. The molecule has 2 rings (SSSR count). The van der Waals surface area contributed by atoms with Crippen molar-refractivity contribution in [2.45, 2.75) is 6.54 Å². The first-order valence-electron chi connectivity index (χ1n) is 5.20. The largest absolute Gasteiger partial charge is 0.353 e. The van der Waals surface area contributed by atoms with E-state index in [1.807, 2.05) is 6.07 Å². The topological polar surface area (TPSA) is 38.0 Å². The maximum absolute atomic E-state index is 13.7. The van der Waals surface area contributed by atoms with Crippen molar-refractivity contribution in [3.8, 4) is 0 Å². The molecule has 0 unspecified atom stereocenters. The summed E-state index contributed by atoms with van der Waals surface area (Å²) < 4.78 is 13.7. The monoisotopic (exact) mass is 250 g/mol. The second-order valence-corrected chi connectivity index (χ2v) is 4.09. The third-order valence-electron chi connectivity index (χ3n) is 2.37. The molecule has 0 atom stereocenters. The van der Waals surface area contributed by atoms with Crippen LogP contribution in [0.5, 0.6) is 0 Å². The number of anilines is 2. The van der Waals surface area contributed by atoms with Crippen LogP contribution in [0.15, 0.2) is 42.5 Å². The minimum atomic E-state index is -0.326.